The second-order valence-corrected chi connectivity index (χ2v) is 6.83. The third-order valence-electron chi connectivity index (χ3n) is 5.22. The number of anilines is 2. The molecule has 1 aliphatic carbocycles. The van der Waals surface area contributed by atoms with Gasteiger partial charge in [0.15, 0.2) is 11.5 Å². The maximum Gasteiger partial charge on any atom is 0.330 e. The van der Waals surface area contributed by atoms with Gasteiger partial charge in [-0.15, -0.1) is 0 Å². The minimum Gasteiger partial charge on any atom is -0.383 e. The number of rotatable bonds is 2. The lowest BCUT2D eigenvalue weighted by Gasteiger charge is -2.25. The van der Waals surface area contributed by atoms with Crippen molar-refractivity contribution < 1.29 is 9.59 Å². The monoisotopic (exact) mass is 363 g/mol. The SMILES string of the molecule is Nc1ncnc2c1c(N1CC(=O)NC1=O)nn2C1CCc2ccccc2C1. The van der Waals surface area contributed by atoms with Crippen LogP contribution in [0.5, 0.6) is 0 Å². The fourth-order valence-electron chi connectivity index (χ4n) is 3.92. The number of imide groups is 1. The molecule has 3 heterocycles. The Hall–Kier alpha value is -3.49. The van der Waals surface area contributed by atoms with E-state index < -0.39 is 6.03 Å². The normalized spacial score (nSPS) is 19.4. The highest BCUT2D eigenvalue weighted by Gasteiger charge is 2.34. The first-order chi connectivity index (χ1) is 13.1. The molecule has 2 aromatic heterocycles. The first kappa shape index (κ1) is 15.7. The van der Waals surface area contributed by atoms with Crippen molar-refractivity contribution in [3.63, 3.8) is 0 Å². The lowest BCUT2D eigenvalue weighted by atomic mass is 9.88. The molecular weight excluding hydrogens is 346 g/mol. The lowest BCUT2D eigenvalue weighted by molar-refractivity contribution is -0.117. The minimum absolute atomic E-state index is 0.0896. The smallest absolute Gasteiger partial charge is 0.330 e. The van der Waals surface area contributed by atoms with Gasteiger partial charge in [0.2, 0.25) is 5.91 Å². The highest BCUT2D eigenvalue weighted by Crippen LogP contribution is 2.35. The number of aryl methyl sites for hydroxylation is 1. The summed E-state index contributed by atoms with van der Waals surface area (Å²) in [7, 11) is 0. The van der Waals surface area contributed by atoms with E-state index in [1.165, 1.54) is 22.4 Å². The Bertz CT molecular complexity index is 1090. The number of carbonyl (C=O) groups excluding carboxylic acids is 2. The predicted molar refractivity (Wildman–Crippen MR) is 98.1 cm³/mol. The van der Waals surface area contributed by atoms with Gasteiger partial charge in [0.05, 0.1) is 6.04 Å². The quantitative estimate of drug-likeness (QED) is 0.660. The van der Waals surface area contributed by atoms with E-state index >= 15 is 0 Å². The van der Waals surface area contributed by atoms with Crippen LogP contribution in [0.25, 0.3) is 11.0 Å². The zero-order chi connectivity index (χ0) is 18.5. The largest absolute Gasteiger partial charge is 0.383 e. The molecule has 0 bridgehead atoms. The predicted octanol–water partition coefficient (Wildman–Crippen LogP) is 1.19. The molecule has 9 heteroatoms. The van der Waals surface area contributed by atoms with Crippen LogP contribution in [0.4, 0.5) is 16.4 Å². The molecule has 0 saturated carbocycles. The van der Waals surface area contributed by atoms with Gasteiger partial charge in [-0.2, -0.15) is 5.10 Å². The summed E-state index contributed by atoms with van der Waals surface area (Å²) in [5.74, 6) is 0.194. The maximum atomic E-state index is 12.2. The molecule has 0 radical (unpaired) electrons. The summed E-state index contributed by atoms with van der Waals surface area (Å²) in [6.07, 6.45) is 4.07. The van der Waals surface area contributed by atoms with Gasteiger partial charge in [-0.3, -0.25) is 15.0 Å². The number of aromatic nitrogens is 4. The van der Waals surface area contributed by atoms with E-state index in [0.29, 0.717) is 16.9 Å². The molecule has 1 unspecified atom stereocenters. The van der Waals surface area contributed by atoms with Crippen LogP contribution in [0.3, 0.4) is 0 Å². The molecule has 1 aromatic carbocycles. The number of carbonyl (C=O) groups is 2. The van der Waals surface area contributed by atoms with Crippen molar-refractivity contribution in [1.29, 1.82) is 0 Å². The number of fused-ring (bicyclic) bond motifs is 2. The van der Waals surface area contributed by atoms with E-state index in [4.69, 9.17) is 5.73 Å². The Kier molecular flexibility index (Phi) is 3.36. The van der Waals surface area contributed by atoms with Gasteiger partial charge in [0.1, 0.15) is 24.1 Å². The maximum absolute atomic E-state index is 12.2. The van der Waals surface area contributed by atoms with E-state index in [0.717, 1.165) is 19.3 Å². The van der Waals surface area contributed by atoms with Crippen LogP contribution in [0.15, 0.2) is 30.6 Å². The van der Waals surface area contributed by atoms with Crippen molar-refractivity contribution in [2.24, 2.45) is 0 Å². The molecule has 9 nitrogen and oxygen atoms in total. The van der Waals surface area contributed by atoms with Crippen molar-refractivity contribution in [2.45, 2.75) is 25.3 Å². The third-order valence-corrected chi connectivity index (χ3v) is 5.22. The summed E-state index contributed by atoms with van der Waals surface area (Å²) in [6, 6.07) is 7.95. The molecule has 5 rings (SSSR count). The van der Waals surface area contributed by atoms with Crippen LogP contribution in [-0.4, -0.2) is 38.2 Å². The van der Waals surface area contributed by atoms with Crippen LogP contribution in [0, 0.1) is 0 Å². The summed E-state index contributed by atoms with van der Waals surface area (Å²) >= 11 is 0. The van der Waals surface area contributed by atoms with Crippen LogP contribution in [-0.2, 0) is 17.6 Å². The van der Waals surface area contributed by atoms with Crippen molar-refractivity contribution in [2.75, 3.05) is 17.2 Å². The Morgan fingerprint density at radius 1 is 1.15 bits per heavy atom. The van der Waals surface area contributed by atoms with Crippen molar-refractivity contribution in [3.8, 4) is 0 Å². The molecule has 1 aliphatic heterocycles. The Morgan fingerprint density at radius 3 is 2.74 bits per heavy atom. The number of nitrogen functional groups attached to an aromatic ring is 1. The third kappa shape index (κ3) is 2.42. The molecule has 3 aromatic rings. The van der Waals surface area contributed by atoms with Crippen LogP contribution in [0.1, 0.15) is 23.6 Å². The number of benzene rings is 1. The summed E-state index contributed by atoms with van der Waals surface area (Å²) < 4.78 is 1.83. The van der Waals surface area contributed by atoms with E-state index in [1.54, 1.807) is 0 Å². The first-order valence-corrected chi connectivity index (χ1v) is 8.78. The highest BCUT2D eigenvalue weighted by atomic mass is 16.2. The summed E-state index contributed by atoms with van der Waals surface area (Å²) in [6.45, 7) is -0.0905. The van der Waals surface area contributed by atoms with E-state index in [-0.39, 0.29) is 24.3 Å². The van der Waals surface area contributed by atoms with Crippen LogP contribution >= 0.6 is 0 Å². The number of hydrogen-bond donors (Lipinski definition) is 2. The van der Waals surface area contributed by atoms with Crippen LogP contribution in [0.2, 0.25) is 0 Å². The van der Waals surface area contributed by atoms with E-state index in [9.17, 15) is 9.59 Å². The van der Waals surface area contributed by atoms with Gasteiger partial charge in [0, 0.05) is 0 Å². The number of amides is 3. The zero-order valence-corrected chi connectivity index (χ0v) is 14.4. The first-order valence-electron chi connectivity index (χ1n) is 8.78. The standard InChI is InChI=1S/C18H17N7O2/c19-15-14-16(21-9-20-15)25(23-17(14)24-8-13(26)22-18(24)27)12-6-5-10-3-1-2-4-11(10)7-12/h1-4,9,12H,5-8H2,(H2,19,20,21)(H,22,26,27). The molecule has 27 heavy (non-hydrogen) atoms. The Morgan fingerprint density at radius 2 is 1.96 bits per heavy atom. The second-order valence-electron chi connectivity index (χ2n) is 6.83. The number of nitrogens with one attached hydrogen (secondary N) is 1. The van der Waals surface area contributed by atoms with Crippen molar-refractivity contribution in [3.05, 3.63) is 41.7 Å². The van der Waals surface area contributed by atoms with Gasteiger partial charge >= 0.3 is 6.03 Å². The fraction of sp³-hybridized carbons (Fsp3) is 0.278. The topological polar surface area (TPSA) is 119 Å². The average Bonchev–Trinajstić information content (AvgIpc) is 3.21. The van der Waals surface area contributed by atoms with Gasteiger partial charge in [0.25, 0.3) is 0 Å². The molecule has 136 valence electrons. The molecular formula is C18H17N7O2. The van der Waals surface area contributed by atoms with Gasteiger partial charge in [-0.1, -0.05) is 24.3 Å². The van der Waals surface area contributed by atoms with E-state index in [1.807, 2.05) is 10.7 Å². The molecule has 3 N–H and O–H groups in total. The highest BCUT2D eigenvalue weighted by molar-refractivity contribution is 6.15. The second kappa shape index (κ2) is 5.76. The van der Waals surface area contributed by atoms with E-state index in [2.05, 4.69) is 38.6 Å². The number of hydrogen-bond acceptors (Lipinski definition) is 6. The zero-order valence-electron chi connectivity index (χ0n) is 14.4. The summed E-state index contributed by atoms with van der Waals surface area (Å²) in [5.41, 5.74) is 9.29. The molecule has 0 spiro atoms. The molecule has 3 amide bonds. The molecule has 2 aliphatic rings. The van der Waals surface area contributed by atoms with Crippen molar-refractivity contribution >= 4 is 34.6 Å². The minimum atomic E-state index is -0.510. The number of urea groups is 1. The van der Waals surface area contributed by atoms with Gasteiger partial charge in [-0.05, 0) is 30.4 Å². The fourth-order valence-corrected chi connectivity index (χ4v) is 3.92. The molecule has 1 atom stereocenters. The summed E-state index contributed by atoms with van der Waals surface area (Å²) in [4.78, 5) is 33.5. The van der Waals surface area contributed by atoms with Crippen LogP contribution < -0.4 is 16.0 Å². The van der Waals surface area contributed by atoms with Gasteiger partial charge in [-0.25, -0.2) is 19.4 Å². The lowest BCUT2D eigenvalue weighted by Crippen LogP contribution is -2.29. The number of nitrogens with two attached hydrogens (primary N) is 1. The van der Waals surface area contributed by atoms with Crippen molar-refractivity contribution in [1.82, 2.24) is 25.1 Å². The average molecular weight is 363 g/mol. The summed E-state index contributed by atoms with van der Waals surface area (Å²) in [5, 5.41) is 7.43. The Balaban J connectivity index is 1.63. The molecule has 1 fully saturated rings. The number of nitrogens with zero attached hydrogens (tertiary/aromatic N) is 5. The molecule has 1 saturated heterocycles. The Labute approximate surface area is 154 Å². The van der Waals surface area contributed by atoms with Gasteiger partial charge < -0.3 is 5.73 Å².